The Hall–Kier alpha value is -0.120. The van der Waals surface area contributed by atoms with E-state index in [9.17, 15) is 0 Å². The van der Waals surface area contributed by atoms with Gasteiger partial charge in [0.2, 0.25) is 0 Å². The lowest BCUT2D eigenvalue weighted by Gasteiger charge is -2.40. The lowest BCUT2D eigenvalue weighted by molar-refractivity contribution is 0.116. The molecule has 102 valence electrons. The quantitative estimate of drug-likeness (QED) is 0.745. The van der Waals surface area contributed by atoms with Crippen LogP contribution in [0.3, 0.4) is 0 Å². The first-order valence-corrected chi connectivity index (χ1v) is 7.17. The minimum atomic E-state index is 0.291. The molecule has 1 rings (SSSR count). The van der Waals surface area contributed by atoms with Crippen molar-refractivity contribution in [2.75, 3.05) is 26.2 Å². The minimum absolute atomic E-state index is 0.291. The molecule has 17 heavy (non-hydrogen) atoms. The van der Waals surface area contributed by atoms with Crippen LogP contribution in [0.2, 0.25) is 0 Å². The summed E-state index contributed by atoms with van der Waals surface area (Å²) >= 11 is 0. The Morgan fingerprint density at radius 3 is 2.53 bits per heavy atom. The van der Waals surface area contributed by atoms with Crippen molar-refractivity contribution >= 4 is 0 Å². The fourth-order valence-electron chi connectivity index (χ4n) is 3.25. The third kappa shape index (κ3) is 4.57. The van der Waals surface area contributed by atoms with Gasteiger partial charge >= 0.3 is 0 Å². The molecule has 1 aliphatic carbocycles. The molecule has 1 aliphatic rings. The van der Waals surface area contributed by atoms with Crippen LogP contribution < -0.4 is 5.73 Å². The molecule has 1 fully saturated rings. The van der Waals surface area contributed by atoms with Crippen molar-refractivity contribution in [3.63, 3.8) is 0 Å². The maximum Gasteiger partial charge on any atom is 0.0443 e. The molecule has 0 saturated heterocycles. The molecule has 0 heterocycles. The zero-order valence-electron chi connectivity index (χ0n) is 11.7. The van der Waals surface area contributed by atoms with Gasteiger partial charge in [0.1, 0.15) is 0 Å². The molecule has 0 aromatic rings. The van der Waals surface area contributed by atoms with E-state index >= 15 is 0 Å². The first-order valence-electron chi connectivity index (χ1n) is 7.17. The first kappa shape index (κ1) is 14.9. The highest BCUT2D eigenvalue weighted by molar-refractivity contribution is 4.87. The lowest BCUT2D eigenvalue weighted by atomic mass is 9.72. The lowest BCUT2D eigenvalue weighted by Crippen LogP contribution is -2.46. The van der Waals surface area contributed by atoms with Crippen LogP contribution in [0.5, 0.6) is 0 Å². The van der Waals surface area contributed by atoms with Gasteiger partial charge in [-0.15, -0.1) is 0 Å². The molecule has 4 unspecified atom stereocenters. The summed E-state index contributed by atoms with van der Waals surface area (Å²) in [4.78, 5) is 2.44. The van der Waals surface area contributed by atoms with E-state index in [1.54, 1.807) is 0 Å². The Morgan fingerprint density at radius 2 is 2.00 bits per heavy atom. The predicted molar refractivity (Wildman–Crippen MR) is 72.8 cm³/mol. The Balaban J connectivity index is 2.46. The van der Waals surface area contributed by atoms with Crippen LogP contribution in [-0.2, 0) is 0 Å². The summed E-state index contributed by atoms with van der Waals surface area (Å²) in [5, 5.41) is 8.90. The number of nitrogens with two attached hydrogens (primary N) is 1. The van der Waals surface area contributed by atoms with Gasteiger partial charge < -0.3 is 15.7 Å². The summed E-state index contributed by atoms with van der Waals surface area (Å²) in [7, 11) is 0. The molecular formula is C14H30N2O. The van der Waals surface area contributed by atoms with Crippen molar-refractivity contribution in [3.8, 4) is 0 Å². The van der Waals surface area contributed by atoms with E-state index in [0.717, 1.165) is 37.9 Å². The second kappa shape index (κ2) is 7.34. The maximum absolute atomic E-state index is 8.90. The number of rotatable bonds is 6. The second-order valence-corrected chi connectivity index (χ2v) is 5.85. The molecule has 0 amide bonds. The Bertz CT molecular complexity index is 198. The third-order valence-electron chi connectivity index (χ3n) is 4.28. The zero-order valence-corrected chi connectivity index (χ0v) is 11.7. The van der Waals surface area contributed by atoms with E-state index in [0.29, 0.717) is 18.6 Å². The van der Waals surface area contributed by atoms with Crippen LogP contribution in [0.1, 0.15) is 40.0 Å². The molecule has 3 N–H and O–H groups in total. The van der Waals surface area contributed by atoms with Gasteiger partial charge in [0.05, 0.1) is 0 Å². The molecule has 0 aromatic heterocycles. The van der Waals surface area contributed by atoms with Gasteiger partial charge in [-0.3, -0.25) is 0 Å². The van der Waals surface area contributed by atoms with E-state index in [1.807, 2.05) is 0 Å². The highest BCUT2D eigenvalue weighted by Crippen LogP contribution is 2.33. The molecule has 0 aromatic carbocycles. The topological polar surface area (TPSA) is 49.5 Å². The summed E-state index contributed by atoms with van der Waals surface area (Å²) in [6.07, 6.45) is 3.36. The summed E-state index contributed by atoms with van der Waals surface area (Å²) in [6, 6.07) is 0.358. The average Bonchev–Trinajstić information content (AvgIpc) is 2.27. The van der Waals surface area contributed by atoms with Crippen LogP contribution in [0.4, 0.5) is 0 Å². The molecule has 4 atom stereocenters. The summed E-state index contributed by atoms with van der Waals surface area (Å²) < 4.78 is 0. The number of aliphatic hydroxyl groups is 1. The number of aliphatic hydroxyl groups excluding tert-OH is 1. The SMILES string of the molecule is CCN(CCCO)CC1C(C)CC(C)CC1N. The van der Waals surface area contributed by atoms with Crippen molar-refractivity contribution in [2.45, 2.75) is 46.1 Å². The van der Waals surface area contributed by atoms with Gasteiger partial charge in [0.25, 0.3) is 0 Å². The minimum Gasteiger partial charge on any atom is -0.396 e. The second-order valence-electron chi connectivity index (χ2n) is 5.85. The normalized spacial score (nSPS) is 34.2. The fraction of sp³-hybridized carbons (Fsp3) is 1.00. The number of hydrogen-bond donors (Lipinski definition) is 2. The number of hydrogen-bond acceptors (Lipinski definition) is 3. The van der Waals surface area contributed by atoms with Gasteiger partial charge in [0, 0.05) is 25.7 Å². The van der Waals surface area contributed by atoms with Crippen LogP contribution in [-0.4, -0.2) is 42.3 Å². The fourth-order valence-corrected chi connectivity index (χ4v) is 3.25. The summed E-state index contributed by atoms with van der Waals surface area (Å²) in [6.45, 7) is 10.3. The molecular weight excluding hydrogens is 212 g/mol. The van der Waals surface area contributed by atoms with Gasteiger partial charge in [-0.05, 0) is 43.6 Å². The molecule has 0 radical (unpaired) electrons. The molecule has 1 saturated carbocycles. The smallest absolute Gasteiger partial charge is 0.0443 e. The molecule has 0 aliphatic heterocycles. The summed E-state index contributed by atoms with van der Waals surface area (Å²) in [5.74, 6) is 2.14. The van der Waals surface area contributed by atoms with Gasteiger partial charge in [0.15, 0.2) is 0 Å². The van der Waals surface area contributed by atoms with Crippen LogP contribution >= 0.6 is 0 Å². The Morgan fingerprint density at radius 1 is 1.29 bits per heavy atom. The largest absolute Gasteiger partial charge is 0.396 e. The monoisotopic (exact) mass is 242 g/mol. The van der Waals surface area contributed by atoms with Crippen molar-refractivity contribution < 1.29 is 5.11 Å². The zero-order chi connectivity index (χ0) is 12.8. The van der Waals surface area contributed by atoms with Crippen molar-refractivity contribution in [1.82, 2.24) is 4.90 Å². The van der Waals surface area contributed by atoms with E-state index in [1.165, 1.54) is 12.8 Å². The van der Waals surface area contributed by atoms with Crippen molar-refractivity contribution in [2.24, 2.45) is 23.5 Å². The van der Waals surface area contributed by atoms with Crippen LogP contribution in [0.25, 0.3) is 0 Å². The van der Waals surface area contributed by atoms with E-state index in [2.05, 4.69) is 25.7 Å². The van der Waals surface area contributed by atoms with Gasteiger partial charge in [-0.1, -0.05) is 20.8 Å². The standard InChI is InChI=1S/C14H30N2O/c1-4-16(6-5-7-17)10-13-12(3)8-11(2)9-14(13)15/h11-14,17H,4-10,15H2,1-3H3. The van der Waals surface area contributed by atoms with Crippen LogP contribution in [0.15, 0.2) is 0 Å². The Labute approximate surface area is 106 Å². The van der Waals surface area contributed by atoms with Crippen molar-refractivity contribution in [3.05, 3.63) is 0 Å². The first-order chi connectivity index (χ1) is 8.08. The summed E-state index contributed by atoms with van der Waals surface area (Å²) in [5.41, 5.74) is 6.32. The third-order valence-corrected chi connectivity index (χ3v) is 4.28. The van der Waals surface area contributed by atoms with Crippen LogP contribution in [0, 0.1) is 17.8 Å². The van der Waals surface area contributed by atoms with E-state index in [4.69, 9.17) is 10.8 Å². The highest BCUT2D eigenvalue weighted by atomic mass is 16.3. The molecule has 3 heteroatoms. The predicted octanol–water partition coefficient (Wildman–Crippen LogP) is 1.70. The van der Waals surface area contributed by atoms with Crippen molar-refractivity contribution in [1.29, 1.82) is 0 Å². The molecule has 3 nitrogen and oxygen atoms in total. The van der Waals surface area contributed by atoms with Gasteiger partial charge in [-0.25, -0.2) is 0 Å². The number of nitrogens with zero attached hydrogens (tertiary/aromatic N) is 1. The average molecular weight is 242 g/mol. The maximum atomic E-state index is 8.90. The molecule has 0 bridgehead atoms. The highest BCUT2D eigenvalue weighted by Gasteiger charge is 2.32. The van der Waals surface area contributed by atoms with E-state index in [-0.39, 0.29) is 0 Å². The van der Waals surface area contributed by atoms with Gasteiger partial charge in [-0.2, -0.15) is 0 Å². The molecule has 0 spiro atoms. The van der Waals surface area contributed by atoms with E-state index < -0.39 is 0 Å². The Kier molecular flexibility index (Phi) is 6.45.